The number of anilines is 1. The second-order valence-corrected chi connectivity index (χ2v) is 6.36. The van der Waals surface area contributed by atoms with E-state index < -0.39 is 0 Å². The lowest BCUT2D eigenvalue weighted by atomic mass is 9.70. The summed E-state index contributed by atoms with van der Waals surface area (Å²) >= 11 is 3.61. The number of rotatable bonds is 1. The van der Waals surface area contributed by atoms with Crippen LogP contribution in [0.3, 0.4) is 0 Å². The lowest BCUT2D eigenvalue weighted by Gasteiger charge is -2.43. The van der Waals surface area contributed by atoms with Gasteiger partial charge >= 0.3 is 0 Å². The molecule has 0 saturated heterocycles. The molecule has 1 aliphatic carbocycles. The highest BCUT2D eigenvalue weighted by Gasteiger charge is 2.36. The molecule has 0 amide bonds. The zero-order valence-electron chi connectivity index (χ0n) is 10.4. The maximum Gasteiger partial charge on any atom is 0.0378 e. The molecule has 2 heteroatoms. The molecule has 3 atom stereocenters. The molecule has 2 aliphatic rings. The topological polar surface area (TPSA) is 12.0 Å². The third-order valence-corrected chi connectivity index (χ3v) is 5.02. The van der Waals surface area contributed by atoms with Gasteiger partial charge < -0.3 is 5.32 Å². The molecule has 3 rings (SSSR count). The number of nitrogens with one attached hydrogen (secondary N) is 1. The summed E-state index contributed by atoms with van der Waals surface area (Å²) in [6.07, 6.45) is 6.85. The highest BCUT2D eigenvalue weighted by Crippen LogP contribution is 2.46. The van der Waals surface area contributed by atoms with Gasteiger partial charge in [0.2, 0.25) is 0 Å². The van der Waals surface area contributed by atoms with Crippen molar-refractivity contribution in [2.24, 2.45) is 5.92 Å². The van der Waals surface area contributed by atoms with Crippen LogP contribution in [0.1, 0.15) is 50.5 Å². The summed E-state index contributed by atoms with van der Waals surface area (Å²) in [5.74, 6) is 1.62. The third-order valence-electron chi connectivity index (χ3n) is 4.53. The molecule has 1 aliphatic heterocycles. The average molecular weight is 294 g/mol. The Balaban J connectivity index is 2.01. The molecule has 1 aromatic rings. The molecular weight excluding hydrogens is 274 g/mol. The highest BCUT2D eigenvalue weighted by atomic mass is 79.9. The van der Waals surface area contributed by atoms with Crippen LogP contribution in [-0.4, -0.2) is 6.04 Å². The predicted molar refractivity (Wildman–Crippen MR) is 76.5 cm³/mol. The second-order valence-electron chi connectivity index (χ2n) is 5.45. The normalized spacial score (nSPS) is 31.3. The van der Waals surface area contributed by atoms with Crippen molar-refractivity contribution >= 4 is 21.6 Å². The van der Waals surface area contributed by atoms with Crippen molar-refractivity contribution < 1.29 is 0 Å². The maximum absolute atomic E-state index is 3.77. The number of hydrogen-bond donors (Lipinski definition) is 1. The van der Waals surface area contributed by atoms with E-state index >= 15 is 0 Å². The zero-order valence-corrected chi connectivity index (χ0v) is 12.0. The third kappa shape index (κ3) is 2.01. The molecule has 0 bridgehead atoms. The molecule has 1 saturated carbocycles. The van der Waals surface area contributed by atoms with E-state index in [1.54, 1.807) is 0 Å². The smallest absolute Gasteiger partial charge is 0.0378 e. The summed E-state index contributed by atoms with van der Waals surface area (Å²) < 4.78 is 1.21. The van der Waals surface area contributed by atoms with E-state index in [4.69, 9.17) is 0 Å². The summed E-state index contributed by atoms with van der Waals surface area (Å²) in [6.45, 7) is 2.34. The molecule has 1 heterocycles. The first-order chi connectivity index (χ1) is 8.29. The molecule has 0 aromatic heterocycles. The molecular formula is C15H20BrN. The van der Waals surface area contributed by atoms with Gasteiger partial charge in [0.25, 0.3) is 0 Å². The van der Waals surface area contributed by atoms with Gasteiger partial charge in [-0.1, -0.05) is 35.7 Å². The van der Waals surface area contributed by atoms with Crippen LogP contribution in [0.4, 0.5) is 5.69 Å². The summed E-state index contributed by atoms with van der Waals surface area (Å²) in [4.78, 5) is 0. The zero-order chi connectivity index (χ0) is 11.8. The van der Waals surface area contributed by atoms with Crippen molar-refractivity contribution in [2.75, 3.05) is 5.32 Å². The molecule has 2 unspecified atom stereocenters. The van der Waals surface area contributed by atoms with Crippen molar-refractivity contribution in [1.82, 2.24) is 0 Å². The van der Waals surface area contributed by atoms with Crippen LogP contribution < -0.4 is 5.32 Å². The van der Waals surface area contributed by atoms with Gasteiger partial charge in [0.15, 0.2) is 0 Å². The van der Waals surface area contributed by atoms with Gasteiger partial charge in [0, 0.05) is 16.2 Å². The largest absolute Gasteiger partial charge is 0.382 e. The fourth-order valence-electron chi connectivity index (χ4n) is 3.75. The number of fused-ring (bicyclic) bond motifs is 2. The Kier molecular flexibility index (Phi) is 3.16. The lowest BCUT2D eigenvalue weighted by Crippen LogP contribution is -2.39. The van der Waals surface area contributed by atoms with Crippen molar-refractivity contribution in [1.29, 1.82) is 0 Å². The summed E-state index contributed by atoms with van der Waals surface area (Å²) in [5.41, 5.74) is 2.91. The van der Waals surface area contributed by atoms with Gasteiger partial charge in [0.05, 0.1) is 0 Å². The standard InChI is InChI=1S/C15H20BrN/c1-2-11-12-5-3-4-6-14(12)17-15-8-7-10(16)9-13(11)15/h7-9,11-12,14,17H,2-6H2,1H3/t11?,12?,14-/m1/s1. The van der Waals surface area contributed by atoms with Crippen LogP contribution in [0.15, 0.2) is 22.7 Å². The van der Waals surface area contributed by atoms with E-state index in [0.29, 0.717) is 0 Å². The van der Waals surface area contributed by atoms with Gasteiger partial charge in [-0.05, 0) is 54.9 Å². The SMILES string of the molecule is CCC1c2cc(Br)ccc2N[C@@H]2CCCCC12. The van der Waals surface area contributed by atoms with Gasteiger partial charge in [-0.25, -0.2) is 0 Å². The Morgan fingerprint density at radius 3 is 2.94 bits per heavy atom. The van der Waals surface area contributed by atoms with E-state index in [0.717, 1.165) is 17.9 Å². The molecule has 0 spiro atoms. The summed E-state index contributed by atoms with van der Waals surface area (Å²) in [6, 6.07) is 7.44. The molecule has 1 nitrogen and oxygen atoms in total. The first-order valence-electron chi connectivity index (χ1n) is 6.85. The second kappa shape index (κ2) is 4.64. The minimum atomic E-state index is 0.724. The van der Waals surface area contributed by atoms with Gasteiger partial charge in [-0.2, -0.15) is 0 Å². The van der Waals surface area contributed by atoms with E-state index in [9.17, 15) is 0 Å². The van der Waals surface area contributed by atoms with Crippen LogP contribution in [0, 0.1) is 5.92 Å². The van der Waals surface area contributed by atoms with E-state index in [-0.39, 0.29) is 0 Å². The van der Waals surface area contributed by atoms with Crippen LogP contribution >= 0.6 is 15.9 Å². The van der Waals surface area contributed by atoms with Gasteiger partial charge in [0.1, 0.15) is 0 Å². The van der Waals surface area contributed by atoms with Crippen molar-refractivity contribution in [3.8, 4) is 0 Å². The minimum absolute atomic E-state index is 0.724. The van der Waals surface area contributed by atoms with Gasteiger partial charge in [-0.15, -0.1) is 0 Å². The first-order valence-corrected chi connectivity index (χ1v) is 7.65. The fraction of sp³-hybridized carbons (Fsp3) is 0.600. The van der Waals surface area contributed by atoms with Gasteiger partial charge in [-0.3, -0.25) is 0 Å². The van der Waals surface area contributed by atoms with Crippen molar-refractivity contribution in [2.45, 2.75) is 51.0 Å². The van der Waals surface area contributed by atoms with E-state index in [1.807, 2.05) is 0 Å². The molecule has 1 aromatic carbocycles. The number of hydrogen-bond acceptors (Lipinski definition) is 1. The average Bonchev–Trinajstić information content (AvgIpc) is 2.36. The quantitative estimate of drug-likeness (QED) is 0.774. The summed E-state index contributed by atoms with van der Waals surface area (Å²) in [5, 5.41) is 3.77. The first kappa shape index (κ1) is 11.6. The number of benzene rings is 1. The van der Waals surface area contributed by atoms with Crippen LogP contribution in [-0.2, 0) is 0 Å². The molecule has 0 radical (unpaired) electrons. The van der Waals surface area contributed by atoms with Crippen molar-refractivity contribution in [3.63, 3.8) is 0 Å². The van der Waals surface area contributed by atoms with E-state index in [2.05, 4.69) is 46.4 Å². The molecule has 17 heavy (non-hydrogen) atoms. The molecule has 1 fully saturated rings. The van der Waals surface area contributed by atoms with Crippen LogP contribution in [0.2, 0.25) is 0 Å². The Bertz CT molecular complexity index is 415. The monoisotopic (exact) mass is 293 g/mol. The Morgan fingerprint density at radius 1 is 1.29 bits per heavy atom. The molecule has 1 N–H and O–H groups in total. The molecule has 92 valence electrons. The Hall–Kier alpha value is -0.500. The minimum Gasteiger partial charge on any atom is -0.382 e. The Morgan fingerprint density at radius 2 is 2.12 bits per heavy atom. The van der Waals surface area contributed by atoms with Crippen LogP contribution in [0.25, 0.3) is 0 Å². The van der Waals surface area contributed by atoms with Crippen LogP contribution in [0.5, 0.6) is 0 Å². The number of halogens is 1. The predicted octanol–water partition coefficient (Wildman–Crippen LogP) is 4.93. The fourth-order valence-corrected chi connectivity index (χ4v) is 4.12. The Labute approximate surface area is 112 Å². The highest BCUT2D eigenvalue weighted by molar-refractivity contribution is 9.10. The lowest BCUT2D eigenvalue weighted by molar-refractivity contribution is 0.263. The summed E-state index contributed by atoms with van der Waals surface area (Å²) in [7, 11) is 0. The van der Waals surface area contributed by atoms with E-state index in [1.165, 1.54) is 47.8 Å². The van der Waals surface area contributed by atoms with Crippen molar-refractivity contribution in [3.05, 3.63) is 28.2 Å². The maximum atomic E-state index is 3.77.